The summed E-state index contributed by atoms with van der Waals surface area (Å²) < 4.78 is 16.3. The van der Waals surface area contributed by atoms with Gasteiger partial charge in [0.15, 0.2) is 11.5 Å². The smallest absolute Gasteiger partial charge is 0.338 e. The monoisotopic (exact) mass is 389 g/mol. The lowest BCUT2D eigenvalue weighted by atomic mass is 10.2. The number of hydrogen-bond donors (Lipinski definition) is 0. The van der Waals surface area contributed by atoms with Gasteiger partial charge in [-0.1, -0.05) is 23.7 Å². The number of methoxy groups -OCH3 is 1. The van der Waals surface area contributed by atoms with Crippen LogP contribution in [0.4, 0.5) is 0 Å². The van der Waals surface area contributed by atoms with Crippen LogP contribution in [0.1, 0.15) is 21.6 Å². The van der Waals surface area contributed by atoms with Gasteiger partial charge in [-0.05, 0) is 35.9 Å². The lowest BCUT2D eigenvalue weighted by molar-refractivity contribution is 0.0472. The third-order valence-electron chi connectivity index (χ3n) is 3.54. The third kappa shape index (κ3) is 4.74. The summed E-state index contributed by atoms with van der Waals surface area (Å²) in [6.45, 7) is 0.501. The molecule has 3 aromatic rings. The Balaban J connectivity index is 1.63. The number of halogens is 1. The standard InChI is InChI=1S/C19H16ClNO4S/c1-23-18-8-14(4-7-17(18)24-10-16-11-26-12-21-16)19(22)25-9-13-2-5-15(20)6-3-13/h2-8,11-12H,9-10H2,1H3. The Kier molecular flexibility index (Phi) is 6.09. The van der Waals surface area contributed by atoms with Crippen LogP contribution in [-0.4, -0.2) is 18.1 Å². The zero-order valence-electron chi connectivity index (χ0n) is 14.0. The topological polar surface area (TPSA) is 57.7 Å². The summed E-state index contributed by atoms with van der Waals surface area (Å²) in [6.07, 6.45) is 0. The predicted molar refractivity (Wildman–Crippen MR) is 100 cm³/mol. The molecule has 0 atom stereocenters. The van der Waals surface area contributed by atoms with Crippen molar-refractivity contribution in [2.24, 2.45) is 0 Å². The van der Waals surface area contributed by atoms with Crippen LogP contribution in [0.15, 0.2) is 53.4 Å². The molecule has 26 heavy (non-hydrogen) atoms. The average Bonchev–Trinajstić information content (AvgIpc) is 3.19. The summed E-state index contributed by atoms with van der Waals surface area (Å²) in [4.78, 5) is 16.4. The molecule has 0 unspecified atom stereocenters. The van der Waals surface area contributed by atoms with Gasteiger partial charge in [0.2, 0.25) is 0 Å². The number of benzene rings is 2. The summed E-state index contributed by atoms with van der Waals surface area (Å²) in [5.41, 5.74) is 3.83. The van der Waals surface area contributed by atoms with Gasteiger partial charge in [0, 0.05) is 10.4 Å². The molecule has 0 amide bonds. The highest BCUT2D eigenvalue weighted by Gasteiger charge is 2.13. The van der Waals surface area contributed by atoms with E-state index in [0.717, 1.165) is 11.3 Å². The number of esters is 1. The fraction of sp³-hybridized carbons (Fsp3) is 0.158. The van der Waals surface area contributed by atoms with Crippen molar-refractivity contribution >= 4 is 28.9 Å². The predicted octanol–water partition coefficient (Wildman–Crippen LogP) is 4.74. The van der Waals surface area contributed by atoms with Crippen LogP contribution in [0, 0.1) is 0 Å². The normalized spacial score (nSPS) is 10.4. The zero-order valence-corrected chi connectivity index (χ0v) is 15.5. The number of hydrogen-bond acceptors (Lipinski definition) is 6. The molecule has 0 aliphatic rings. The van der Waals surface area contributed by atoms with Gasteiger partial charge in [0.05, 0.1) is 23.9 Å². The van der Waals surface area contributed by atoms with Gasteiger partial charge < -0.3 is 14.2 Å². The maximum Gasteiger partial charge on any atom is 0.338 e. The fourth-order valence-electron chi connectivity index (χ4n) is 2.19. The van der Waals surface area contributed by atoms with Gasteiger partial charge >= 0.3 is 5.97 Å². The quantitative estimate of drug-likeness (QED) is 0.546. The van der Waals surface area contributed by atoms with Crippen LogP contribution in [0.25, 0.3) is 0 Å². The van der Waals surface area contributed by atoms with Crippen LogP contribution in [0.3, 0.4) is 0 Å². The van der Waals surface area contributed by atoms with Gasteiger partial charge in [0.1, 0.15) is 13.2 Å². The Hall–Kier alpha value is -2.57. The van der Waals surface area contributed by atoms with Gasteiger partial charge in [0.25, 0.3) is 0 Å². The Morgan fingerprint density at radius 2 is 1.92 bits per heavy atom. The van der Waals surface area contributed by atoms with Crippen LogP contribution in [-0.2, 0) is 18.0 Å². The molecule has 0 aliphatic heterocycles. The summed E-state index contributed by atoms with van der Waals surface area (Å²) in [5, 5.41) is 2.55. The lowest BCUT2D eigenvalue weighted by Crippen LogP contribution is -2.06. The molecule has 0 radical (unpaired) electrons. The largest absolute Gasteiger partial charge is 0.493 e. The first kappa shape index (κ1) is 18.2. The van der Waals surface area contributed by atoms with Gasteiger partial charge in [-0.25, -0.2) is 9.78 Å². The van der Waals surface area contributed by atoms with Crippen molar-refractivity contribution in [3.63, 3.8) is 0 Å². The molecule has 3 rings (SSSR count). The van der Waals surface area contributed by atoms with E-state index in [-0.39, 0.29) is 6.61 Å². The van der Waals surface area contributed by atoms with E-state index >= 15 is 0 Å². The first-order chi connectivity index (χ1) is 12.7. The number of aromatic nitrogens is 1. The fourth-order valence-corrected chi connectivity index (χ4v) is 2.86. The first-order valence-electron chi connectivity index (χ1n) is 7.75. The van der Waals surface area contributed by atoms with Crippen LogP contribution < -0.4 is 9.47 Å². The molecular weight excluding hydrogens is 374 g/mol. The molecule has 0 aliphatic carbocycles. The van der Waals surface area contributed by atoms with E-state index in [0.29, 0.717) is 28.7 Å². The molecule has 134 valence electrons. The van der Waals surface area contributed by atoms with Crippen molar-refractivity contribution in [2.45, 2.75) is 13.2 Å². The second-order valence-electron chi connectivity index (χ2n) is 5.34. The molecule has 1 aromatic heterocycles. The third-order valence-corrected chi connectivity index (χ3v) is 4.43. The lowest BCUT2D eigenvalue weighted by Gasteiger charge is -2.11. The van der Waals surface area contributed by atoms with Gasteiger partial charge in [-0.15, -0.1) is 11.3 Å². The van der Waals surface area contributed by atoms with Crippen LogP contribution in [0.2, 0.25) is 5.02 Å². The summed E-state index contributed by atoms with van der Waals surface area (Å²) >= 11 is 7.34. The average molecular weight is 390 g/mol. The van der Waals surface area contributed by atoms with E-state index in [1.807, 2.05) is 17.5 Å². The van der Waals surface area contributed by atoms with Crippen LogP contribution >= 0.6 is 22.9 Å². The molecule has 5 nitrogen and oxygen atoms in total. The highest BCUT2D eigenvalue weighted by Crippen LogP contribution is 2.29. The van der Waals surface area contributed by atoms with Gasteiger partial charge in [-0.3, -0.25) is 0 Å². The number of thiazole rings is 1. The molecular formula is C19H16ClNO4S. The Morgan fingerprint density at radius 3 is 2.62 bits per heavy atom. The highest BCUT2D eigenvalue weighted by atomic mass is 35.5. The van der Waals surface area contributed by atoms with Crippen molar-refractivity contribution < 1.29 is 19.0 Å². The molecule has 0 spiro atoms. The van der Waals surface area contributed by atoms with E-state index in [2.05, 4.69) is 4.98 Å². The van der Waals surface area contributed by atoms with E-state index in [1.165, 1.54) is 18.4 Å². The van der Waals surface area contributed by atoms with Crippen molar-refractivity contribution in [1.29, 1.82) is 0 Å². The minimum atomic E-state index is -0.440. The van der Waals surface area contributed by atoms with E-state index in [1.54, 1.807) is 35.8 Å². The second-order valence-corrected chi connectivity index (χ2v) is 6.49. The molecule has 0 N–H and O–H groups in total. The number of carbonyl (C=O) groups excluding carboxylic acids is 1. The van der Waals surface area contributed by atoms with Crippen LogP contribution in [0.5, 0.6) is 11.5 Å². The summed E-state index contributed by atoms with van der Waals surface area (Å²) in [5.74, 6) is 0.556. The van der Waals surface area contributed by atoms with Crippen molar-refractivity contribution in [2.75, 3.05) is 7.11 Å². The van der Waals surface area contributed by atoms with Crippen molar-refractivity contribution in [3.8, 4) is 11.5 Å². The minimum absolute atomic E-state index is 0.167. The highest BCUT2D eigenvalue weighted by molar-refractivity contribution is 7.07. The molecule has 0 fully saturated rings. The summed E-state index contributed by atoms with van der Waals surface area (Å²) in [7, 11) is 1.52. The number of nitrogens with zero attached hydrogens (tertiary/aromatic N) is 1. The minimum Gasteiger partial charge on any atom is -0.493 e. The Morgan fingerprint density at radius 1 is 1.12 bits per heavy atom. The molecule has 1 heterocycles. The van der Waals surface area contributed by atoms with E-state index < -0.39 is 5.97 Å². The molecule has 0 saturated heterocycles. The summed E-state index contributed by atoms with van der Waals surface area (Å²) in [6, 6.07) is 12.1. The molecule has 2 aromatic carbocycles. The van der Waals surface area contributed by atoms with E-state index in [9.17, 15) is 4.79 Å². The zero-order chi connectivity index (χ0) is 18.4. The second kappa shape index (κ2) is 8.69. The SMILES string of the molecule is COc1cc(C(=O)OCc2ccc(Cl)cc2)ccc1OCc1cscn1. The molecule has 0 bridgehead atoms. The molecule has 7 heteroatoms. The maximum atomic E-state index is 12.3. The van der Waals surface area contributed by atoms with E-state index in [4.69, 9.17) is 25.8 Å². The van der Waals surface area contributed by atoms with Crippen molar-refractivity contribution in [3.05, 3.63) is 75.2 Å². The number of ether oxygens (including phenoxy) is 3. The Bertz CT molecular complexity index is 866. The van der Waals surface area contributed by atoms with Gasteiger partial charge in [-0.2, -0.15) is 0 Å². The number of carbonyl (C=O) groups is 1. The number of rotatable bonds is 7. The molecule has 0 saturated carbocycles. The van der Waals surface area contributed by atoms with Crippen molar-refractivity contribution in [1.82, 2.24) is 4.98 Å². The Labute approximate surface area is 160 Å². The maximum absolute atomic E-state index is 12.3. The first-order valence-corrected chi connectivity index (χ1v) is 9.07.